The molecule has 0 radical (unpaired) electrons. The summed E-state index contributed by atoms with van der Waals surface area (Å²) in [6.45, 7) is 5.96. The van der Waals surface area contributed by atoms with E-state index in [4.69, 9.17) is 5.14 Å². The molecular formula is C12H17NO2S. The molecule has 0 saturated carbocycles. The molecular weight excluding hydrogens is 222 g/mol. The largest absolute Gasteiger partial charge is 0.231 e. The number of primary sulfonamides is 1. The van der Waals surface area contributed by atoms with Gasteiger partial charge in [-0.25, -0.2) is 13.6 Å². The van der Waals surface area contributed by atoms with Gasteiger partial charge in [-0.15, -0.1) is 0 Å². The highest BCUT2D eigenvalue weighted by Crippen LogP contribution is 2.19. The van der Waals surface area contributed by atoms with Crippen molar-refractivity contribution in [1.29, 1.82) is 0 Å². The molecule has 0 fully saturated rings. The van der Waals surface area contributed by atoms with E-state index in [1.54, 1.807) is 6.92 Å². The quantitative estimate of drug-likeness (QED) is 0.880. The molecule has 3 nitrogen and oxygen atoms in total. The maximum Gasteiger partial charge on any atom is 0.231 e. The fraction of sp³-hybridized carbons (Fsp3) is 0.333. The van der Waals surface area contributed by atoms with E-state index in [0.29, 0.717) is 11.5 Å². The van der Waals surface area contributed by atoms with Crippen LogP contribution in [0.2, 0.25) is 0 Å². The first kappa shape index (κ1) is 12.9. The summed E-state index contributed by atoms with van der Waals surface area (Å²) in [6, 6.07) is 7.82. The van der Waals surface area contributed by atoms with Gasteiger partial charge in [0.1, 0.15) is 0 Å². The molecule has 0 bridgehead atoms. The zero-order valence-electron chi connectivity index (χ0n) is 9.77. The lowest BCUT2D eigenvalue weighted by atomic mass is 10.00. The van der Waals surface area contributed by atoms with Gasteiger partial charge in [0.05, 0.1) is 0 Å². The predicted octanol–water partition coefficient (Wildman–Crippen LogP) is 2.46. The predicted molar refractivity (Wildman–Crippen MR) is 67.3 cm³/mol. The number of allylic oxidation sites excluding steroid dienone is 1. The number of rotatable bonds is 3. The Morgan fingerprint density at radius 1 is 1.25 bits per heavy atom. The third-order valence-corrected chi connectivity index (χ3v) is 3.06. The van der Waals surface area contributed by atoms with Crippen LogP contribution in [0.15, 0.2) is 29.7 Å². The van der Waals surface area contributed by atoms with Crippen molar-refractivity contribution in [2.24, 2.45) is 5.14 Å². The van der Waals surface area contributed by atoms with Crippen molar-refractivity contribution in [3.05, 3.63) is 40.8 Å². The summed E-state index contributed by atoms with van der Waals surface area (Å²) in [4.78, 5) is 0. The highest BCUT2D eigenvalue weighted by Gasteiger charge is 2.03. The summed E-state index contributed by atoms with van der Waals surface area (Å²) in [6.07, 6.45) is 0. The average Bonchev–Trinajstić information content (AvgIpc) is 2.15. The topological polar surface area (TPSA) is 60.2 Å². The lowest BCUT2D eigenvalue weighted by Crippen LogP contribution is -2.07. The van der Waals surface area contributed by atoms with Crippen LogP contribution in [0.5, 0.6) is 0 Å². The summed E-state index contributed by atoms with van der Waals surface area (Å²) in [7, 11) is -3.56. The van der Waals surface area contributed by atoms with E-state index in [9.17, 15) is 8.42 Å². The third kappa shape index (κ3) is 3.79. The van der Waals surface area contributed by atoms with E-state index in [2.05, 4.69) is 13.8 Å². The van der Waals surface area contributed by atoms with Crippen LogP contribution < -0.4 is 5.14 Å². The van der Waals surface area contributed by atoms with Gasteiger partial charge in [0.25, 0.3) is 0 Å². The Morgan fingerprint density at radius 3 is 2.12 bits per heavy atom. The number of nitrogens with two attached hydrogens (primary N) is 1. The SMILES string of the molecule is CC(=CS(N)(=O)=O)c1ccc(C(C)C)cc1. The Hall–Kier alpha value is -1.13. The molecule has 1 aromatic rings. The van der Waals surface area contributed by atoms with E-state index in [1.165, 1.54) is 5.56 Å². The van der Waals surface area contributed by atoms with Gasteiger partial charge >= 0.3 is 0 Å². The molecule has 0 aliphatic heterocycles. The van der Waals surface area contributed by atoms with Crippen molar-refractivity contribution in [3.63, 3.8) is 0 Å². The Balaban J connectivity index is 3.03. The molecule has 2 N–H and O–H groups in total. The van der Waals surface area contributed by atoms with E-state index in [0.717, 1.165) is 11.0 Å². The molecule has 0 aliphatic rings. The minimum atomic E-state index is -3.56. The highest BCUT2D eigenvalue weighted by atomic mass is 32.2. The van der Waals surface area contributed by atoms with Crippen LogP contribution in [-0.4, -0.2) is 8.42 Å². The first-order valence-corrected chi connectivity index (χ1v) is 6.72. The molecule has 0 atom stereocenters. The van der Waals surface area contributed by atoms with E-state index >= 15 is 0 Å². The van der Waals surface area contributed by atoms with Gasteiger partial charge in [0, 0.05) is 5.41 Å². The first-order valence-electron chi connectivity index (χ1n) is 5.11. The van der Waals surface area contributed by atoms with Crippen molar-refractivity contribution in [2.75, 3.05) is 0 Å². The van der Waals surface area contributed by atoms with Crippen LogP contribution in [0.25, 0.3) is 5.57 Å². The van der Waals surface area contributed by atoms with Crippen molar-refractivity contribution in [2.45, 2.75) is 26.7 Å². The monoisotopic (exact) mass is 239 g/mol. The summed E-state index contributed by atoms with van der Waals surface area (Å²) in [5.41, 5.74) is 2.75. The van der Waals surface area contributed by atoms with Gasteiger partial charge < -0.3 is 0 Å². The lowest BCUT2D eigenvalue weighted by Gasteiger charge is -2.06. The van der Waals surface area contributed by atoms with Gasteiger partial charge in [0.15, 0.2) is 0 Å². The third-order valence-electron chi connectivity index (χ3n) is 2.37. The zero-order valence-corrected chi connectivity index (χ0v) is 10.6. The Kier molecular flexibility index (Phi) is 3.88. The molecule has 0 aromatic heterocycles. The normalized spacial score (nSPS) is 13.2. The van der Waals surface area contributed by atoms with Crippen LogP contribution in [0, 0.1) is 0 Å². The summed E-state index contributed by atoms with van der Waals surface area (Å²) < 4.78 is 21.8. The number of hydrogen-bond acceptors (Lipinski definition) is 2. The zero-order chi connectivity index (χ0) is 12.3. The van der Waals surface area contributed by atoms with Gasteiger partial charge in [-0.1, -0.05) is 38.1 Å². The van der Waals surface area contributed by atoms with Gasteiger partial charge in [-0.05, 0) is 29.5 Å². The molecule has 0 amide bonds. The van der Waals surface area contributed by atoms with E-state index < -0.39 is 10.0 Å². The van der Waals surface area contributed by atoms with E-state index in [-0.39, 0.29) is 0 Å². The lowest BCUT2D eigenvalue weighted by molar-refractivity contribution is 0.606. The van der Waals surface area contributed by atoms with Crippen molar-refractivity contribution in [3.8, 4) is 0 Å². The maximum atomic E-state index is 10.9. The Morgan fingerprint density at radius 2 is 1.75 bits per heavy atom. The van der Waals surface area contributed by atoms with Gasteiger partial charge in [-0.2, -0.15) is 0 Å². The Bertz CT molecular complexity index is 484. The second kappa shape index (κ2) is 4.80. The maximum absolute atomic E-state index is 10.9. The Labute approximate surface area is 97.0 Å². The second-order valence-corrected chi connectivity index (χ2v) is 5.58. The minimum Gasteiger partial charge on any atom is -0.225 e. The highest BCUT2D eigenvalue weighted by molar-refractivity contribution is 7.92. The summed E-state index contributed by atoms with van der Waals surface area (Å²) in [5, 5.41) is 6.03. The molecule has 0 unspecified atom stereocenters. The van der Waals surface area contributed by atoms with Crippen molar-refractivity contribution in [1.82, 2.24) is 0 Å². The molecule has 1 rings (SSSR count). The number of benzene rings is 1. The second-order valence-electron chi connectivity index (χ2n) is 4.17. The smallest absolute Gasteiger partial charge is 0.225 e. The molecule has 0 saturated heterocycles. The van der Waals surface area contributed by atoms with Gasteiger partial charge in [0.2, 0.25) is 10.0 Å². The fourth-order valence-corrected chi connectivity index (χ4v) is 2.07. The molecule has 16 heavy (non-hydrogen) atoms. The molecule has 0 heterocycles. The molecule has 1 aromatic carbocycles. The number of sulfonamides is 1. The van der Waals surface area contributed by atoms with Crippen LogP contribution in [0.4, 0.5) is 0 Å². The minimum absolute atomic E-state index is 0.469. The fourth-order valence-electron chi connectivity index (χ4n) is 1.45. The van der Waals surface area contributed by atoms with Crippen molar-refractivity contribution >= 4 is 15.6 Å². The van der Waals surface area contributed by atoms with E-state index in [1.807, 2.05) is 24.3 Å². The van der Waals surface area contributed by atoms with Crippen LogP contribution in [0.1, 0.15) is 37.8 Å². The van der Waals surface area contributed by atoms with Crippen LogP contribution >= 0.6 is 0 Å². The number of hydrogen-bond donors (Lipinski definition) is 1. The van der Waals surface area contributed by atoms with Gasteiger partial charge in [-0.3, -0.25) is 0 Å². The van der Waals surface area contributed by atoms with Crippen LogP contribution in [0.3, 0.4) is 0 Å². The van der Waals surface area contributed by atoms with Crippen LogP contribution in [-0.2, 0) is 10.0 Å². The molecule has 0 aliphatic carbocycles. The standard InChI is InChI=1S/C12H17NO2S/c1-9(2)11-4-6-12(7-5-11)10(3)8-16(13,14)15/h4-9H,1-3H3,(H2,13,14,15). The molecule has 88 valence electrons. The first-order chi connectivity index (χ1) is 7.29. The van der Waals surface area contributed by atoms with Crippen molar-refractivity contribution < 1.29 is 8.42 Å². The summed E-state index contributed by atoms with van der Waals surface area (Å²) >= 11 is 0. The summed E-state index contributed by atoms with van der Waals surface area (Å²) in [5.74, 6) is 0.469. The molecule has 4 heteroatoms. The average molecular weight is 239 g/mol. The molecule has 0 spiro atoms.